The molecule has 0 bridgehead atoms. The van der Waals surface area contributed by atoms with Crippen molar-refractivity contribution in [3.63, 3.8) is 0 Å². The maximum absolute atomic E-state index is 6.35. The van der Waals surface area contributed by atoms with Crippen molar-refractivity contribution in [3.8, 4) is 0 Å². The van der Waals surface area contributed by atoms with Crippen molar-refractivity contribution in [2.24, 2.45) is 0 Å². The van der Waals surface area contributed by atoms with Crippen molar-refractivity contribution in [2.45, 2.75) is 11.8 Å². The van der Waals surface area contributed by atoms with Crippen LogP contribution in [0.2, 0.25) is 0 Å². The van der Waals surface area contributed by atoms with Gasteiger partial charge in [0.2, 0.25) is 0 Å². The van der Waals surface area contributed by atoms with Crippen LogP contribution in [0.5, 0.6) is 0 Å². The topological polar surface area (TPSA) is 0 Å². The lowest BCUT2D eigenvalue weighted by Crippen LogP contribution is -1.99. The highest BCUT2D eigenvalue weighted by Gasteiger charge is 2.15. The van der Waals surface area contributed by atoms with Gasteiger partial charge in [0.25, 0.3) is 0 Å². The first-order valence-corrected chi connectivity index (χ1v) is 9.03. The number of alkyl halides is 1. The zero-order valence-electron chi connectivity index (χ0n) is 14.0. The summed E-state index contributed by atoms with van der Waals surface area (Å²) in [4.78, 5) is 0. The van der Waals surface area contributed by atoms with Crippen molar-refractivity contribution in [1.29, 1.82) is 0 Å². The SMILES string of the molecule is C=CC(c1ccccc1)c1cccc2c(CCl)c3ccccc3cc12. The largest absolute Gasteiger partial charge is 0.122 e. The van der Waals surface area contributed by atoms with E-state index in [0.717, 1.165) is 0 Å². The van der Waals surface area contributed by atoms with E-state index in [1.165, 1.54) is 38.2 Å². The van der Waals surface area contributed by atoms with E-state index < -0.39 is 0 Å². The van der Waals surface area contributed by atoms with Crippen molar-refractivity contribution in [3.05, 3.63) is 108 Å². The zero-order valence-corrected chi connectivity index (χ0v) is 14.7. The minimum Gasteiger partial charge on any atom is -0.122 e. The monoisotopic (exact) mass is 342 g/mol. The molecule has 0 saturated carbocycles. The first-order valence-electron chi connectivity index (χ1n) is 8.50. The van der Waals surface area contributed by atoms with Gasteiger partial charge in [-0.2, -0.15) is 0 Å². The molecule has 1 heteroatoms. The number of rotatable bonds is 4. The number of hydrogen-bond acceptors (Lipinski definition) is 0. The van der Waals surface area contributed by atoms with E-state index in [0.29, 0.717) is 5.88 Å². The van der Waals surface area contributed by atoms with E-state index >= 15 is 0 Å². The Morgan fingerprint density at radius 2 is 1.52 bits per heavy atom. The van der Waals surface area contributed by atoms with Crippen LogP contribution in [-0.4, -0.2) is 0 Å². The Bertz CT molecular complexity index is 1050. The number of benzene rings is 4. The summed E-state index contributed by atoms with van der Waals surface area (Å²) in [6.07, 6.45) is 2.03. The summed E-state index contributed by atoms with van der Waals surface area (Å²) >= 11 is 6.35. The molecule has 0 radical (unpaired) electrons. The predicted molar refractivity (Wildman–Crippen MR) is 109 cm³/mol. The van der Waals surface area contributed by atoms with Gasteiger partial charge in [0.15, 0.2) is 0 Å². The number of hydrogen-bond donors (Lipinski definition) is 0. The summed E-state index contributed by atoms with van der Waals surface area (Å²) in [5.74, 6) is 0.667. The molecule has 0 spiro atoms. The van der Waals surface area contributed by atoms with Crippen LogP contribution < -0.4 is 0 Å². The quantitative estimate of drug-likeness (QED) is 0.212. The highest BCUT2D eigenvalue weighted by atomic mass is 35.5. The van der Waals surface area contributed by atoms with Gasteiger partial charge < -0.3 is 0 Å². The van der Waals surface area contributed by atoms with Gasteiger partial charge >= 0.3 is 0 Å². The van der Waals surface area contributed by atoms with Crippen LogP contribution in [0.15, 0.2) is 91.5 Å². The van der Waals surface area contributed by atoms with Gasteiger partial charge in [-0.05, 0) is 44.3 Å². The molecule has 0 aliphatic carbocycles. The Balaban J connectivity index is 2.05. The molecule has 0 fully saturated rings. The van der Waals surface area contributed by atoms with Crippen LogP contribution in [0, 0.1) is 0 Å². The number of fused-ring (bicyclic) bond motifs is 2. The van der Waals surface area contributed by atoms with E-state index in [-0.39, 0.29) is 5.92 Å². The molecule has 4 aromatic carbocycles. The first-order chi connectivity index (χ1) is 12.3. The second-order valence-corrected chi connectivity index (χ2v) is 6.54. The van der Waals surface area contributed by atoms with Crippen LogP contribution in [0.25, 0.3) is 21.5 Å². The van der Waals surface area contributed by atoms with Crippen LogP contribution in [0.4, 0.5) is 0 Å². The van der Waals surface area contributed by atoms with Crippen molar-refractivity contribution in [1.82, 2.24) is 0 Å². The fraction of sp³-hybridized carbons (Fsp3) is 0.0833. The van der Waals surface area contributed by atoms with Crippen LogP contribution in [0.1, 0.15) is 22.6 Å². The molecule has 25 heavy (non-hydrogen) atoms. The van der Waals surface area contributed by atoms with Crippen LogP contribution in [0.3, 0.4) is 0 Å². The summed E-state index contributed by atoms with van der Waals surface area (Å²) in [5.41, 5.74) is 3.73. The third-order valence-corrected chi connectivity index (χ3v) is 5.18. The first kappa shape index (κ1) is 15.9. The van der Waals surface area contributed by atoms with Crippen molar-refractivity contribution >= 4 is 33.1 Å². The van der Waals surface area contributed by atoms with Gasteiger partial charge in [-0.3, -0.25) is 0 Å². The van der Waals surface area contributed by atoms with E-state index in [2.05, 4.69) is 79.4 Å². The van der Waals surface area contributed by atoms with E-state index in [1.54, 1.807) is 0 Å². The second kappa shape index (κ2) is 6.74. The van der Waals surface area contributed by atoms with Gasteiger partial charge in [0.1, 0.15) is 0 Å². The lowest BCUT2D eigenvalue weighted by Gasteiger charge is -2.18. The average molecular weight is 343 g/mol. The maximum atomic E-state index is 6.35. The maximum Gasteiger partial charge on any atom is 0.0486 e. The summed E-state index contributed by atoms with van der Waals surface area (Å²) < 4.78 is 0. The Kier molecular flexibility index (Phi) is 4.29. The third kappa shape index (κ3) is 2.73. The molecule has 0 heterocycles. The summed E-state index contributed by atoms with van der Waals surface area (Å²) in [6.45, 7) is 4.10. The smallest absolute Gasteiger partial charge is 0.0486 e. The molecule has 4 aromatic rings. The average Bonchev–Trinajstić information content (AvgIpc) is 2.68. The molecule has 0 amide bonds. The summed E-state index contributed by atoms with van der Waals surface area (Å²) in [7, 11) is 0. The highest BCUT2D eigenvalue weighted by molar-refractivity contribution is 6.20. The van der Waals surface area contributed by atoms with E-state index in [1.807, 2.05) is 12.1 Å². The summed E-state index contributed by atoms with van der Waals surface area (Å²) in [6, 6.07) is 27.8. The minimum absolute atomic E-state index is 0.161. The predicted octanol–water partition coefficient (Wildman–Crippen LogP) is 7.05. The van der Waals surface area contributed by atoms with Crippen LogP contribution in [-0.2, 0) is 5.88 Å². The molecule has 4 rings (SSSR count). The third-order valence-electron chi connectivity index (χ3n) is 4.91. The van der Waals surface area contributed by atoms with Crippen molar-refractivity contribution < 1.29 is 0 Å². The van der Waals surface area contributed by atoms with Gasteiger partial charge in [-0.1, -0.05) is 78.9 Å². The zero-order chi connectivity index (χ0) is 17.2. The molecule has 0 aromatic heterocycles. The highest BCUT2D eigenvalue weighted by Crippen LogP contribution is 2.36. The van der Waals surface area contributed by atoms with E-state index in [4.69, 9.17) is 11.6 Å². The Morgan fingerprint density at radius 3 is 2.28 bits per heavy atom. The molecule has 0 aliphatic heterocycles. The number of halogens is 1. The Morgan fingerprint density at radius 1 is 0.800 bits per heavy atom. The minimum atomic E-state index is 0.161. The Labute approximate surface area is 153 Å². The second-order valence-electron chi connectivity index (χ2n) is 6.28. The van der Waals surface area contributed by atoms with Gasteiger partial charge in [0.05, 0.1) is 0 Å². The molecule has 1 atom stereocenters. The van der Waals surface area contributed by atoms with Gasteiger partial charge in [-0.15, -0.1) is 18.2 Å². The molecule has 0 saturated heterocycles. The lowest BCUT2D eigenvalue weighted by molar-refractivity contribution is 1.04. The number of allylic oxidation sites excluding steroid dienone is 1. The molecule has 0 N–H and O–H groups in total. The fourth-order valence-corrected chi connectivity index (χ4v) is 4.01. The lowest BCUT2D eigenvalue weighted by atomic mass is 9.86. The molecule has 0 aliphatic rings. The van der Waals surface area contributed by atoms with Gasteiger partial charge in [0, 0.05) is 11.8 Å². The van der Waals surface area contributed by atoms with Crippen LogP contribution >= 0.6 is 11.6 Å². The molecular weight excluding hydrogens is 324 g/mol. The fourth-order valence-electron chi connectivity index (χ4n) is 3.72. The van der Waals surface area contributed by atoms with Crippen molar-refractivity contribution in [2.75, 3.05) is 0 Å². The van der Waals surface area contributed by atoms with Gasteiger partial charge in [-0.25, -0.2) is 0 Å². The van der Waals surface area contributed by atoms with E-state index in [9.17, 15) is 0 Å². The normalized spacial score (nSPS) is 12.4. The summed E-state index contributed by atoms with van der Waals surface area (Å²) in [5, 5.41) is 4.95. The molecule has 1 unspecified atom stereocenters. The standard InChI is InChI=1S/C24H19Cl/c1-2-19(17-9-4-3-5-10-17)21-13-8-14-22-23(21)15-18-11-6-7-12-20(18)24(22)16-25/h2-15,19H,1,16H2. The Hall–Kier alpha value is -2.57. The molecule has 122 valence electrons. The molecule has 0 nitrogen and oxygen atoms in total. The molecular formula is C24H19Cl.